The van der Waals surface area contributed by atoms with Crippen LogP contribution in [0.3, 0.4) is 0 Å². The van der Waals surface area contributed by atoms with Gasteiger partial charge in [0, 0.05) is 17.5 Å². The number of unbranched alkanes of at least 4 members (excludes halogenated alkanes) is 2. The van der Waals surface area contributed by atoms with Gasteiger partial charge in [0.15, 0.2) is 0 Å². The highest BCUT2D eigenvalue weighted by molar-refractivity contribution is 5.97. The van der Waals surface area contributed by atoms with E-state index in [2.05, 4.69) is 23.5 Å². The minimum Gasteiger partial charge on any atom is -0.461 e. The van der Waals surface area contributed by atoms with Gasteiger partial charge < -0.3 is 4.74 Å². The molecule has 1 N–H and O–H groups in total. The Balaban J connectivity index is 1.82. The number of nitrogens with one attached hydrogen (secondary N) is 1. The van der Waals surface area contributed by atoms with Crippen LogP contribution >= 0.6 is 0 Å². The Morgan fingerprint density at radius 3 is 2.88 bits per heavy atom. The number of ether oxygens (including phenoxy) is 1. The second-order valence-electron chi connectivity index (χ2n) is 5.91. The summed E-state index contributed by atoms with van der Waals surface area (Å²) in [4.78, 5) is 11.9. The number of carbonyl (C=O) groups excluding carboxylic acids is 1. The predicted octanol–water partition coefficient (Wildman–Crippen LogP) is 4.74. The highest BCUT2D eigenvalue weighted by Crippen LogP contribution is 2.35. The van der Waals surface area contributed by atoms with Gasteiger partial charge in [-0.25, -0.2) is 0 Å². The maximum Gasteiger partial charge on any atom is 0.306 e. The molecule has 2 aromatic carbocycles. The summed E-state index contributed by atoms with van der Waals surface area (Å²) in [5.41, 5.74) is 8.18. The van der Waals surface area contributed by atoms with Crippen LogP contribution in [-0.2, 0) is 16.1 Å². The fourth-order valence-corrected chi connectivity index (χ4v) is 2.89. The molecule has 1 heterocycles. The van der Waals surface area contributed by atoms with Gasteiger partial charge in [-0.2, -0.15) is 5.10 Å². The van der Waals surface area contributed by atoms with Crippen molar-refractivity contribution in [3.8, 4) is 11.1 Å². The maximum atomic E-state index is 11.9. The van der Waals surface area contributed by atoms with Gasteiger partial charge >= 0.3 is 5.97 Å². The lowest BCUT2D eigenvalue weighted by Gasteiger charge is -2.14. The predicted molar refractivity (Wildman–Crippen MR) is 97.0 cm³/mol. The zero-order valence-electron chi connectivity index (χ0n) is 13.9. The van der Waals surface area contributed by atoms with E-state index < -0.39 is 0 Å². The maximum absolute atomic E-state index is 11.9. The van der Waals surface area contributed by atoms with E-state index in [1.807, 2.05) is 42.6 Å². The lowest BCUT2D eigenvalue weighted by atomic mass is 9.95. The summed E-state index contributed by atoms with van der Waals surface area (Å²) in [5.74, 6) is -0.132. The van der Waals surface area contributed by atoms with Crippen LogP contribution < -0.4 is 5.43 Å². The van der Waals surface area contributed by atoms with Crippen molar-refractivity contribution >= 4 is 17.9 Å². The quantitative estimate of drug-likeness (QED) is 0.617. The number of rotatable bonds is 6. The lowest BCUT2D eigenvalue weighted by Crippen LogP contribution is -2.06. The summed E-state index contributed by atoms with van der Waals surface area (Å²) in [7, 11) is 0. The van der Waals surface area contributed by atoms with Crippen LogP contribution in [0.4, 0.5) is 5.69 Å². The van der Waals surface area contributed by atoms with Gasteiger partial charge in [-0.1, -0.05) is 56.2 Å². The number of fused-ring (bicyclic) bond motifs is 3. The first-order valence-corrected chi connectivity index (χ1v) is 8.45. The van der Waals surface area contributed by atoms with Crippen LogP contribution in [0.5, 0.6) is 0 Å². The fourth-order valence-electron chi connectivity index (χ4n) is 2.89. The van der Waals surface area contributed by atoms with Gasteiger partial charge in [-0.05, 0) is 23.6 Å². The van der Waals surface area contributed by atoms with E-state index in [-0.39, 0.29) is 12.6 Å². The molecular weight excluding hydrogens is 300 g/mol. The van der Waals surface area contributed by atoms with Gasteiger partial charge in [0.1, 0.15) is 6.61 Å². The topological polar surface area (TPSA) is 50.7 Å². The number of carbonyl (C=O) groups is 1. The monoisotopic (exact) mass is 322 g/mol. The third-order valence-electron chi connectivity index (χ3n) is 4.14. The van der Waals surface area contributed by atoms with Crippen LogP contribution in [0.25, 0.3) is 11.1 Å². The van der Waals surface area contributed by atoms with E-state index in [1.54, 1.807) is 0 Å². The van der Waals surface area contributed by atoms with E-state index in [4.69, 9.17) is 4.74 Å². The molecule has 0 radical (unpaired) electrons. The zero-order valence-corrected chi connectivity index (χ0v) is 13.9. The average Bonchev–Trinajstić information content (AvgIpc) is 2.80. The van der Waals surface area contributed by atoms with Gasteiger partial charge in [0.2, 0.25) is 0 Å². The number of anilines is 1. The molecule has 0 aromatic heterocycles. The van der Waals surface area contributed by atoms with E-state index in [9.17, 15) is 4.79 Å². The second kappa shape index (κ2) is 7.77. The first-order chi connectivity index (χ1) is 11.8. The molecule has 1 aliphatic heterocycles. The van der Waals surface area contributed by atoms with E-state index in [1.165, 1.54) is 0 Å². The molecule has 24 heavy (non-hydrogen) atoms. The molecule has 0 spiro atoms. The van der Waals surface area contributed by atoms with Crippen LogP contribution in [0.2, 0.25) is 0 Å². The Hall–Kier alpha value is -2.62. The number of benzene rings is 2. The molecule has 4 heteroatoms. The number of hydrogen-bond acceptors (Lipinski definition) is 4. The molecule has 0 amide bonds. The molecule has 4 nitrogen and oxygen atoms in total. The van der Waals surface area contributed by atoms with Crippen molar-refractivity contribution < 1.29 is 9.53 Å². The fraction of sp³-hybridized carbons (Fsp3) is 0.300. The Kier molecular flexibility index (Phi) is 5.26. The van der Waals surface area contributed by atoms with Crippen molar-refractivity contribution in [1.29, 1.82) is 0 Å². The van der Waals surface area contributed by atoms with Gasteiger partial charge in [-0.15, -0.1) is 0 Å². The normalized spacial score (nSPS) is 11.9. The molecular formula is C20H22N2O2. The summed E-state index contributed by atoms with van der Waals surface area (Å²) in [6.07, 6.45) is 5.35. The minimum absolute atomic E-state index is 0.132. The minimum atomic E-state index is -0.132. The van der Waals surface area contributed by atoms with Crippen molar-refractivity contribution in [2.75, 3.05) is 5.43 Å². The molecule has 0 unspecified atom stereocenters. The van der Waals surface area contributed by atoms with E-state index >= 15 is 0 Å². The third-order valence-corrected chi connectivity index (χ3v) is 4.14. The summed E-state index contributed by atoms with van der Waals surface area (Å²) < 4.78 is 5.49. The van der Waals surface area contributed by atoms with Crippen LogP contribution in [0.15, 0.2) is 47.6 Å². The molecule has 2 aromatic rings. The lowest BCUT2D eigenvalue weighted by molar-refractivity contribution is -0.145. The molecule has 0 saturated carbocycles. The van der Waals surface area contributed by atoms with Crippen LogP contribution in [0, 0.1) is 0 Å². The zero-order chi connectivity index (χ0) is 16.8. The van der Waals surface area contributed by atoms with E-state index in [0.717, 1.165) is 47.2 Å². The first kappa shape index (κ1) is 16.2. The van der Waals surface area contributed by atoms with E-state index in [0.29, 0.717) is 6.42 Å². The Morgan fingerprint density at radius 2 is 2.00 bits per heavy atom. The van der Waals surface area contributed by atoms with Crippen molar-refractivity contribution in [1.82, 2.24) is 0 Å². The van der Waals surface area contributed by atoms with Crippen molar-refractivity contribution in [3.63, 3.8) is 0 Å². The number of nitrogens with zero attached hydrogens (tertiary/aromatic N) is 1. The highest BCUT2D eigenvalue weighted by Gasteiger charge is 2.16. The SMILES string of the molecule is CCCCCC(=O)OCc1cccc2c1-c1ccccc1C=NN2. The summed E-state index contributed by atoms with van der Waals surface area (Å²) >= 11 is 0. The molecule has 3 rings (SSSR count). The molecule has 0 aliphatic carbocycles. The van der Waals surface area contributed by atoms with Gasteiger partial charge in [0.25, 0.3) is 0 Å². The smallest absolute Gasteiger partial charge is 0.306 e. The third kappa shape index (κ3) is 3.65. The largest absolute Gasteiger partial charge is 0.461 e. The molecule has 0 bridgehead atoms. The van der Waals surface area contributed by atoms with Gasteiger partial charge in [-0.3, -0.25) is 10.2 Å². The molecule has 124 valence electrons. The van der Waals surface area contributed by atoms with Crippen LogP contribution in [-0.4, -0.2) is 12.2 Å². The number of esters is 1. The summed E-state index contributed by atoms with van der Waals surface area (Å²) in [6, 6.07) is 14.0. The van der Waals surface area contributed by atoms with Gasteiger partial charge in [0.05, 0.1) is 11.9 Å². The van der Waals surface area contributed by atoms with Crippen molar-refractivity contribution in [3.05, 3.63) is 53.6 Å². The van der Waals surface area contributed by atoms with Crippen LogP contribution in [0.1, 0.15) is 43.7 Å². The highest BCUT2D eigenvalue weighted by atomic mass is 16.5. The second-order valence-corrected chi connectivity index (χ2v) is 5.91. The van der Waals surface area contributed by atoms with Crippen molar-refractivity contribution in [2.45, 2.75) is 39.2 Å². The molecule has 0 saturated heterocycles. The molecule has 0 atom stereocenters. The Morgan fingerprint density at radius 1 is 1.12 bits per heavy atom. The average molecular weight is 322 g/mol. The summed E-state index contributed by atoms with van der Waals surface area (Å²) in [6.45, 7) is 2.40. The number of hydrogen-bond donors (Lipinski definition) is 1. The summed E-state index contributed by atoms with van der Waals surface area (Å²) in [5, 5.41) is 4.26. The standard InChI is InChI=1S/C20H22N2O2/c1-2-3-4-12-19(23)24-14-16-9-7-11-18-20(16)17-10-6-5-8-15(17)13-21-22-18/h5-11,13,22H,2-4,12,14H2,1H3. The number of hydrazone groups is 1. The molecule has 0 fully saturated rings. The molecule has 1 aliphatic rings. The van der Waals surface area contributed by atoms with Crippen molar-refractivity contribution in [2.24, 2.45) is 5.10 Å². The Bertz CT molecular complexity index is 753. The Labute approximate surface area is 142 Å². The first-order valence-electron chi connectivity index (χ1n) is 8.45.